The standard InChI is InChI=1S/C24H26N6O4S/c1-25-23(31)27-18-7-5-17(6-8-18)22-28-19(16-20(29-22)30-12-14-34-15-13-30)24(9-10-24)35(32,33)21-4-2-3-11-26-21/h2-8,11,16H,9-10,12-15H2,1H3,(H2,25,27,31). The average molecular weight is 495 g/mol. The second-order valence-corrected chi connectivity index (χ2v) is 10.7. The molecule has 11 heteroatoms. The normalized spacial score (nSPS) is 17.0. The van der Waals surface area contributed by atoms with Crippen LogP contribution in [0.15, 0.2) is 59.8 Å². The van der Waals surface area contributed by atoms with Crippen LogP contribution in [-0.4, -0.2) is 62.8 Å². The molecule has 35 heavy (non-hydrogen) atoms. The fourth-order valence-corrected chi connectivity index (χ4v) is 6.01. The fourth-order valence-electron chi connectivity index (χ4n) is 4.13. The Bertz CT molecular complexity index is 1320. The minimum absolute atomic E-state index is 0.0511. The highest BCUT2D eigenvalue weighted by Crippen LogP contribution is 2.54. The highest BCUT2D eigenvalue weighted by molar-refractivity contribution is 7.92. The molecule has 0 unspecified atom stereocenters. The zero-order valence-electron chi connectivity index (χ0n) is 19.3. The lowest BCUT2D eigenvalue weighted by Gasteiger charge is -2.29. The topological polar surface area (TPSA) is 126 Å². The molecule has 10 nitrogen and oxygen atoms in total. The van der Waals surface area contributed by atoms with Crippen molar-refractivity contribution in [2.24, 2.45) is 0 Å². The molecule has 1 aromatic carbocycles. The molecule has 3 heterocycles. The molecule has 5 rings (SSSR count). The van der Waals surface area contributed by atoms with Gasteiger partial charge in [0.15, 0.2) is 10.9 Å². The minimum Gasteiger partial charge on any atom is -0.378 e. The van der Waals surface area contributed by atoms with Crippen LogP contribution in [0, 0.1) is 0 Å². The molecule has 1 aliphatic carbocycles. The summed E-state index contributed by atoms with van der Waals surface area (Å²) in [4.78, 5) is 27.3. The van der Waals surface area contributed by atoms with Crippen molar-refractivity contribution in [3.8, 4) is 11.4 Å². The number of urea groups is 1. The van der Waals surface area contributed by atoms with E-state index in [0.29, 0.717) is 62.2 Å². The van der Waals surface area contributed by atoms with Crippen molar-refractivity contribution in [1.82, 2.24) is 20.3 Å². The van der Waals surface area contributed by atoms with Gasteiger partial charge in [-0.25, -0.2) is 28.2 Å². The maximum absolute atomic E-state index is 13.6. The molecule has 182 valence electrons. The molecule has 0 spiro atoms. The number of amides is 2. The first-order valence-corrected chi connectivity index (χ1v) is 12.9. The number of nitrogens with zero attached hydrogens (tertiary/aromatic N) is 4. The molecule has 0 bridgehead atoms. The first-order chi connectivity index (χ1) is 16.9. The number of aromatic nitrogens is 3. The van der Waals surface area contributed by atoms with E-state index in [2.05, 4.69) is 20.5 Å². The molecule has 1 saturated heterocycles. The first kappa shape index (κ1) is 23.2. The van der Waals surface area contributed by atoms with Crippen molar-refractivity contribution in [2.75, 3.05) is 43.6 Å². The summed E-state index contributed by atoms with van der Waals surface area (Å²) in [5, 5.41) is 5.28. The Labute approximate surface area is 203 Å². The van der Waals surface area contributed by atoms with Crippen molar-refractivity contribution in [1.29, 1.82) is 0 Å². The van der Waals surface area contributed by atoms with E-state index in [1.807, 2.05) is 0 Å². The number of benzene rings is 1. The molecule has 1 saturated carbocycles. The van der Waals surface area contributed by atoms with Gasteiger partial charge in [0.05, 0.1) is 18.9 Å². The summed E-state index contributed by atoms with van der Waals surface area (Å²) in [6.07, 6.45) is 2.43. The largest absolute Gasteiger partial charge is 0.378 e. The van der Waals surface area contributed by atoms with E-state index in [0.717, 1.165) is 5.56 Å². The number of hydrogen-bond donors (Lipinski definition) is 2. The Hall–Kier alpha value is -3.57. The van der Waals surface area contributed by atoms with Gasteiger partial charge in [-0.2, -0.15) is 0 Å². The number of carbonyl (C=O) groups excluding carboxylic acids is 1. The van der Waals surface area contributed by atoms with E-state index in [1.54, 1.807) is 49.5 Å². The second kappa shape index (κ2) is 9.23. The van der Waals surface area contributed by atoms with Gasteiger partial charge < -0.3 is 20.3 Å². The Balaban J connectivity index is 1.57. The lowest BCUT2D eigenvalue weighted by Crippen LogP contribution is -2.37. The second-order valence-electron chi connectivity index (χ2n) is 8.48. The van der Waals surface area contributed by atoms with E-state index in [-0.39, 0.29) is 11.1 Å². The maximum atomic E-state index is 13.6. The summed E-state index contributed by atoms with van der Waals surface area (Å²) < 4.78 is 31.6. The molecule has 0 atom stereocenters. The van der Waals surface area contributed by atoms with Crippen molar-refractivity contribution in [3.63, 3.8) is 0 Å². The van der Waals surface area contributed by atoms with E-state index in [1.165, 1.54) is 12.3 Å². The van der Waals surface area contributed by atoms with E-state index in [4.69, 9.17) is 14.7 Å². The smallest absolute Gasteiger partial charge is 0.318 e. The molecule has 2 amide bonds. The zero-order valence-corrected chi connectivity index (χ0v) is 20.1. The maximum Gasteiger partial charge on any atom is 0.318 e. The number of rotatable bonds is 6. The summed E-state index contributed by atoms with van der Waals surface area (Å²) in [7, 11) is -2.20. The van der Waals surface area contributed by atoms with Gasteiger partial charge in [-0.1, -0.05) is 6.07 Å². The Kier molecular flexibility index (Phi) is 6.12. The van der Waals surface area contributed by atoms with E-state index < -0.39 is 14.6 Å². The third kappa shape index (κ3) is 4.44. The van der Waals surface area contributed by atoms with Crippen LogP contribution in [0.25, 0.3) is 11.4 Å². The molecular weight excluding hydrogens is 468 g/mol. The number of sulfone groups is 1. The van der Waals surface area contributed by atoms with Crippen LogP contribution in [0.4, 0.5) is 16.3 Å². The minimum atomic E-state index is -3.75. The third-order valence-electron chi connectivity index (χ3n) is 6.27. The number of pyridine rings is 1. The number of morpholine rings is 1. The Morgan fingerprint density at radius 2 is 1.80 bits per heavy atom. The van der Waals surface area contributed by atoms with Gasteiger partial charge in [-0.15, -0.1) is 0 Å². The van der Waals surface area contributed by atoms with E-state index >= 15 is 0 Å². The van der Waals surface area contributed by atoms with Crippen LogP contribution in [0.1, 0.15) is 18.5 Å². The van der Waals surface area contributed by atoms with Crippen LogP contribution < -0.4 is 15.5 Å². The van der Waals surface area contributed by atoms with Crippen LogP contribution in [0.5, 0.6) is 0 Å². The summed E-state index contributed by atoms with van der Waals surface area (Å²) in [6, 6.07) is 13.5. The van der Waals surface area contributed by atoms with Crippen molar-refractivity contribution in [3.05, 3.63) is 60.4 Å². The van der Waals surface area contributed by atoms with Gasteiger partial charge in [0.25, 0.3) is 0 Å². The number of hydrogen-bond acceptors (Lipinski definition) is 8. The Morgan fingerprint density at radius 3 is 2.43 bits per heavy atom. The predicted molar refractivity (Wildman–Crippen MR) is 131 cm³/mol. The van der Waals surface area contributed by atoms with Gasteiger partial charge in [0, 0.05) is 43.7 Å². The number of nitrogens with one attached hydrogen (secondary N) is 2. The highest BCUT2D eigenvalue weighted by Gasteiger charge is 2.58. The first-order valence-electron chi connectivity index (χ1n) is 11.4. The third-order valence-corrected chi connectivity index (χ3v) is 8.71. The number of carbonyl (C=O) groups is 1. The average Bonchev–Trinajstić information content (AvgIpc) is 3.73. The molecule has 2 aromatic heterocycles. The van der Waals surface area contributed by atoms with Crippen LogP contribution in [0.2, 0.25) is 0 Å². The molecule has 2 N–H and O–H groups in total. The van der Waals surface area contributed by atoms with Gasteiger partial charge in [0.1, 0.15) is 10.6 Å². The fraction of sp³-hybridized carbons (Fsp3) is 0.333. The highest BCUT2D eigenvalue weighted by atomic mass is 32.2. The molecule has 3 aromatic rings. The monoisotopic (exact) mass is 494 g/mol. The molecule has 2 fully saturated rings. The Morgan fingerprint density at radius 1 is 1.06 bits per heavy atom. The SMILES string of the molecule is CNC(=O)Nc1ccc(-c2nc(N3CCOCC3)cc(C3(S(=O)(=O)c4ccccn4)CC3)n2)cc1. The lowest BCUT2D eigenvalue weighted by molar-refractivity contribution is 0.122. The van der Waals surface area contributed by atoms with Crippen molar-refractivity contribution in [2.45, 2.75) is 22.6 Å². The van der Waals surface area contributed by atoms with Gasteiger partial charge >= 0.3 is 6.03 Å². The summed E-state index contributed by atoms with van der Waals surface area (Å²) in [6.45, 7) is 2.47. The van der Waals surface area contributed by atoms with E-state index in [9.17, 15) is 13.2 Å². The number of ether oxygens (including phenoxy) is 1. The molecular formula is C24H26N6O4S. The quantitative estimate of drug-likeness (QED) is 0.536. The molecule has 2 aliphatic rings. The van der Waals surface area contributed by atoms with Crippen molar-refractivity contribution >= 4 is 27.4 Å². The molecule has 1 aliphatic heterocycles. The van der Waals surface area contributed by atoms with Crippen LogP contribution in [-0.2, 0) is 19.3 Å². The summed E-state index contributed by atoms with van der Waals surface area (Å²) >= 11 is 0. The van der Waals surface area contributed by atoms with Gasteiger partial charge in [-0.05, 0) is 49.2 Å². The van der Waals surface area contributed by atoms with Crippen molar-refractivity contribution < 1.29 is 17.9 Å². The van der Waals surface area contributed by atoms with Gasteiger partial charge in [-0.3, -0.25) is 0 Å². The summed E-state index contributed by atoms with van der Waals surface area (Å²) in [5.74, 6) is 1.10. The van der Waals surface area contributed by atoms with Crippen LogP contribution >= 0.6 is 0 Å². The van der Waals surface area contributed by atoms with Gasteiger partial charge in [0.2, 0.25) is 9.84 Å². The lowest BCUT2D eigenvalue weighted by atomic mass is 10.1. The van der Waals surface area contributed by atoms with Crippen LogP contribution in [0.3, 0.4) is 0 Å². The summed E-state index contributed by atoms with van der Waals surface area (Å²) in [5.41, 5.74) is 1.81. The zero-order chi connectivity index (χ0) is 24.5. The molecule has 0 radical (unpaired) electrons. The number of anilines is 2. The predicted octanol–water partition coefficient (Wildman–Crippen LogP) is 2.59.